The monoisotopic (exact) mass is 286 g/mol. The van der Waals surface area contributed by atoms with E-state index in [9.17, 15) is 9.59 Å². The van der Waals surface area contributed by atoms with Gasteiger partial charge in [0.15, 0.2) is 10.7 Å². The summed E-state index contributed by atoms with van der Waals surface area (Å²) < 4.78 is 4.86. The molecule has 1 saturated carbocycles. The van der Waals surface area contributed by atoms with Gasteiger partial charge in [-0.15, -0.1) is 11.6 Å². The quantitative estimate of drug-likeness (QED) is 0.485. The lowest BCUT2D eigenvalue weighted by molar-refractivity contribution is -0.143. The summed E-state index contributed by atoms with van der Waals surface area (Å²) in [5.74, 6) is -1.16. The van der Waals surface area contributed by atoms with Crippen LogP contribution in [0.2, 0.25) is 5.02 Å². The molecule has 2 atom stereocenters. The van der Waals surface area contributed by atoms with Gasteiger partial charge < -0.3 is 4.74 Å². The van der Waals surface area contributed by atoms with E-state index in [2.05, 4.69) is 0 Å². The van der Waals surface area contributed by atoms with Gasteiger partial charge in [0.2, 0.25) is 0 Å². The molecule has 0 N–H and O–H groups in total. The molecule has 1 aliphatic rings. The maximum Gasteiger partial charge on any atom is 0.327 e. The molecule has 3 nitrogen and oxygen atoms in total. The molecule has 0 aromatic heterocycles. The predicted molar refractivity (Wildman–Crippen MR) is 69.1 cm³/mol. The Morgan fingerprint density at radius 3 is 2.56 bits per heavy atom. The Balaban J connectivity index is 2.09. The summed E-state index contributed by atoms with van der Waals surface area (Å²) in [6.45, 7) is 1.96. The first-order valence-corrected chi connectivity index (χ1v) is 6.40. The van der Waals surface area contributed by atoms with Gasteiger partial charge in [0, 0.05) is 10.6 Å². The number of rotatable bonds is 4. The maximum atomic E-state index is 12.1. The number of ketones is 1. The van der Waals surface area contributed by atoms with Crippen LogP contribution in [0.4, 0.5) is 0 Å². The van der Waals surface area contributed by atoms with Crippen LogP contribution < -0.4 is 0 Å². The van der Waals surface area contributed by atoms with Crippen LogP contribution in [0.1, 0.15) is 23.7 Å². The van der Waals surface area contributed by atoms with Crippen LogP contribution in [0, 0.1) is 5.92 Å². The van der Waals surface area contributed by atoms with E-state index in [4.69, 9.17) is 27.9 Å². The Morgan fingerprint density at radius 1 is 1.39 bits per heavy atom. The fourth-order valence-electron chi connectivity index (χ4n) is 1.83. The van der Waals surface area contributed by atoms with E-state index >= 15 is 0 Å². The van der Waals surface area contributed by atoms with E-state index in [0.29, 0.717) is 17.0 Å². The second kappa shape index (κ2) is 4.90. The second-order valence-electron chi connectivity index (χ2n) is 4.21. The first kappa shape index (κ1) is 13.4. The molecular weight excluding hydrogens is 275 g/mol. The highest BCUT2D eigenvalue weighted by Gasteiger charge is 2.63. The number of carbonyl (C=O) groups excluding carboxylic acids is 2. The lowest BCUT2D eigenvalue weighted by Gasteiger charge is -2.07. The van der Waals surface area contributed by atoms with Gasteiger partial charge in [-0.3, -0.25) is 9.59 Å². The standard InChI is InChI=1S/C13H12Cl2O3/c1-2-18-12(17)13(15)7-10(13)11(16)8-3-5-9(14)6-4-8/h3-6,10H,2,7H2,1H3/t10-,13-/m0/s1. The average Bonchev–Trinajstić information content (AvgIpc) is 3.04. The van der Waals surface area contributed by atoms with Crippen LogP contribution in [0.25, 0.3) is 0 Å². The maximum absolute atomic E-state index is 12.1. The molecule has 1 aliphatic carbocycles. The molecule has 18 heavy (non-hydrogen) atoms. The first-order valence-electron chi connectivity index (χ1n) is 5.65. The number of hydrogen-bond donors (Lipinski definition) is 0. The SMILES string of the molecule is CCOC(=O)[C@]1(Cl)C[C@H]1C(=O)c1ccc(Cl)cc1. The van der Waals surface area contributed by atoms with Crippen LogP contribution in [0.3, 0.4) is 0 Å². The summed E-state index contributed by atoms with van der Waals surface area (Å²) in [6.07, 6.45) is 0.328. The molecule has 1 fully saturated rings. The van der Waals surface area contributed by atoms with E-state index in [1.807, 2.05) is 0 Å². The average molecular weight is 287 g/mol. The zero-order chi connectivity index (χ0) is 13.3. The highest BCUT2D eigenvalue weighted by atomic mass is 35.5. The summed E-state index contributed by atoms with van der Waals surface area (Å²) in [7, 11) is 0. The molecule has 96 valence electrons. The zero-order valence-corrected chi connectivity index (χ0v) is 11.3. The second-order valence-corrected chi connectivity index (χ2v) is 5.32. The highest BCUT2D eigenvalue weighted by molar-refractivity contribution is 6.39. The van der Waals surface area contributed by atoms with Crippen molar-refractivity contribution in [3.05, 3.63) is 34.9 Å². The Morgan fingerprint density at radius 2 is 2.00 bits per heavy atom. The van der Waals surface area contributed by atoms with Gasteiger partial charge in [0.25, 0.3) is 0 Å². The van der Waals surface area contributed by atoms with Crippen LogP contribution in [0.5, 0.6) is 0 Å². The number of esters is 1. The zero-order valence-electron chi connectivity index (χ0n) is 9.78. The minimum absolute atomic E-state index is 0.144. The van der Waals surface area contributed by atoms with Crippen molar-refractivity contribution in [2.24, 2.45) is 5.92 Å². The molecule has 0 saturated heterocycles. The van der Waals surface area contributed by atoms with Crippen molar-refractivity contribution in [1.82, 2.24) is 0 Å². The largest absolute Gasteiger partial charge is 0.465 e. The van der Waals surface area contributed by atoms with Crippen LogP contribution in [-0.4, -0.2) is 23.2 Å². The Bertz CT molecular complexity index is 484. The topological polar surface area (TPSA) is 43.4 Å². The molecule has 0 bridgehead atoms. The molecule has 2 rings (SSSR count). The molecule has 1 aromatic rings. The first-order chi connectivity index (χ1) is 8.49. The third-order valence-corrected chi connectivity index (χ3v) is 3.78. The van der Waals surface area contributed by atoms with Crippen molar-refractivity contribution in [3.8, 4) is 0 Å². The van der Waals surface area contributed by atoms with Crippen LogP contribution in [0.15, 0.2) is 24.3 Å². The van der Waals surface area contributed by atoms with Crippen molar-refractivity contribution in [2.45, 2.75) is 18.2 Å². The molecule has 5 heteroatoms. The lowest BCUT2D eigenvalue weighted by Crippen LogP contribution is -2.24. The summed E-state index contributed by atoms with van der Waals surface area (Å²) >= 11 is 11.8. The van der Waals surface area contributed by atoms with Crippen molar-refractivity contribution in [3.63, 3.8) is 0 Å². The lowest BCUT2D eigenvalue weighted by atomic mass is 10.1. The van der Waals surface area contributed by atoms with Crippen molar-refractivity contribution >= 4 is 35.0 Å². The van der Waals surface area contributed by atoms with Crippen molar-refractivity contribution < 1.29 is 14.3 Å². The van der Waals surface area contributed by atoms with Gasteiger partial charge in [-0.1, -0.05) is 11.6 Å². The number of alkyl halides is 1. The minimum atomic E-state index is -1.17. The van der Waals surface area contributed by atoms with E-state index in [1.165, 1.54) is 0 Å². The molecule has 0 spiro atoms. The molecule has 0 heterocycles. The van der Waals surface area contributed by atoms with Gasteiger partial charge in [0.05, 0.1) is 12.5 Å². The van der Waals surface area contributed by atoms with Gasteiger partial charge in [0.1, 0.15) is 0 Å². The molecular formula is C13H12Cl2O3. The van der Waals surface area contributed by atoms with E-state index in [1.54, 1.807) is 31.2 Å². The molecule has 0 unspecified atom stereocenters. The van der Waals surface area contributed by atoms with Gasteiger partial charge in [-0.25, -0.2) is 0 Å². The molecule has 0 aliphatic heterocycles. The molecule has 0 radical (unpaired) electrons. The van der Waals surface area contributed by atoms with E-state index in [-0.39, 0.29) is 12.4 Å². The summed E-state index contributed by atoms with van der Waals surface area (Å²) in [4.78, 5) is 22.5. The summed E-state index contributed by atoms with van der Waals surface area (Å²) in [6, 6.07) is 6.53. The Kier molecular flexibility index (Phi) is 3.64. The van der Waals surface area contributed by atoms with Gasteiger partial charge in [-0.2, -0.15) is 0 Å². The fourth-order valence-corrected chi connectivity index (χ4v) is 2.26. The van der Waals surface area contributed by atoms with Crippen molar-refractivity contribution in [1.29, 1.82) is 0 Å². The molecule has 0 amide bonds. The fraction of sp³-hybridized carbons (Fsp3) is 0.385. The third kappa shape index (κ3) is 2.38. The summed E-state index contributed by atoms with van der Waals surface area (Å²) in [5, 5.41) is 0.560. The summed E-state index contributed by atoms with van der Waals surface area (Å²) in [5.41, 5.74) is 0.510. The van der Waals surface area contributed by atoms with Crippen molar-refractivity contribution in [2.75, 3.05) is 6.61 Å². The van der Waals surface area contributed by atoms with E-state index in [0.717, 1.165) is 0 Å². The number of ether oxygens (including phenoxy) is 1. The normalized spacial score (nSPS) is 25.6. The number of halogens is 2. The molecule has 1 aromatic carbocycles. The van der Waals surface area contributed by atoms with Gasteiger partial charge in [-0.05, 0) is 37.6 Å². The minimum Gasteiger partial charge on any atom is -0.465 e. The third-order valence-electron chi connectivity index (χ3n) is 2.95. The Labute approximate surface area is 115 Å². The highest BCUT2D eigenvalue weighted by Crippen LogP contribution is 2.52. The number of benzene rings is 1. The van der Waals surface area contributed by atoms with Crippen LogP contribution >= 0.6 is 23.2 Å². The van der Waals surface area contributed by atoms with E-state index < -0.39 is 16.8 Å². The van der Waals surface area contributed by atoms with Gasteiger partial charge >= 0.3 is 5.97 Å². The number of carbonyl (C=O) groups is 2. The smallest absolute Gasteiger partial charge is 0.327 e. The number of hydrogen-bond acceptors (Lipinski definition) is 3. The predicted octanol–water partition coefficient (Wildman–Crippen LogP) is 3.08. The van der Waals surface area contributed by atoms with Crippen LogP contribution in [-0.2, 0) is 9.53 Å². The Hall–Kier alpha value is -1.06. The number of Topliss-reactive ketones (excluding diaryl/α,β-unsaturated/α-hetero) is 1.